The van der Waals surface area contributed by atoms with Gasteiger partial charge in [-0.3, -0.25) is 5.10 Å². The van der Waals surface area contributed by atoms with Crippen LogP contribution < -0.4 is 5.73 Å². The summed E-state index contributed by atoms with van der Waals surface area (Å²) in [5, 5.41) is 7.16. The Hall–Kier alpha value is -2.71. The van der Waals surface area contributed by atoms with E-state index in [0.717, 1.165) is 29.7 Å². The molecule has 0 aliphatic carbocycles. The maximum atomic E-state index is 13.1. The van der Waals surface area contributed by atoms with Crippen LogP contribution in [0.5, 0.6) is 0 Å². The third-order valence-electron chi connectivity index (χ3n) is 4.65. The number of nitrogens with zero attached hydrogens (tertiary/aromatic N) is 3. The zero-order chi connectivity index (χ0) is 18.1. The molecule has 3 N–H and O–H groups in total. The second kappa shape index (κ2) is 6.54. The fourth-order valence-electron chi connectivity index (χ4n) is 3.44. The van der Waals surface area contributed by atoms with Crippen molar-refractivity contribution < 1.29 is 8.42 Å². The highest BCUT2D eigenvalue weighted by Crippen LogP contribution is 2.39. The Morgan fingerprint density at radius 3 is 2.77 bits per heavy atom. The van der Waals surface area contributed by atoms with E-state index in [4.69, 9.17) is 5.73 Å². The zero-order valence-corrected chi connectivity index (χ0v) is 14.9. The molecule has 4 rings (SSSR count). The fourth-order valence-corrected chi connectivity index (χ4v) is 5.13. The number of hydrogen-bond acceptors (Lipinski definition) is 5. The Balaban J connectivity index is 1.74. The number of nitrogen functional groups attached to an aromatic ring is 1. The van der Waals surface area contributed by atoms with Crippen molar-refractivity contribution in [1.82, 2.24) is 19.5 Å². The van der Waals surface area contributed by atoms with E-state index in [2.05, 4.69) is 15.2 Å². The lowest BCUT2D eigenvalue weighted by molar-refractivity contribution is 0.391. The number of H-pyrrole nitrogens is 1. The molecule has 1 fully saturated rings. The van der Waals surface area contributed by atoms with Crippen molar-refractivity contribution in [2.24, 2.45) is 0 Å². The summed E-state index contributed by atoms with van der Waals surface area (Å²) in [6.07, 6.45) is 4.87. The quantitative estimate of drug-likeness (QED) is 0.735. The number of benzene rings is 1. The summed E-state index contributed by atoms with van der Waals surface area (Å²) in [6, 6.07) is 11.9. The molecular weight excluding hydrogens is 350 g/mol. The van der Waals surface area contributed by atoms with Crippen LogP contribution in [0.15, 0.2) is 59.8 Å². The van der Waals surface area contributed by atoms with Gasteiger partial charge in [-0.05, 0) is 42.7 Å². The highest BCUT2D eigenvalue weighted by Gasteiger charge is 2.38. The largest absolute Gasteiger partial charge is 0.384 e. The fraction of sp³-hybridized carbons (Fsp3) is 0.222. The van der Waals surface area contributed by atoms with Gasteiger partial charge in [0, 0.05) is 18.3 Å². The van der Waals surface area contributed by atoms with E-state index >= 15 is 0 Å². The van der Waals surface area contributed by atoms with Gasteiger partial charge >= 0.3 is 0 Å². The number of nitrogens with one attached hydrogen (secondary N) is 1. The van der Waals surface area contributed by atoms with E-state index in [1.807, 2.05) is 6.07 Å². The third kappa shape index (κ3) is 2.87. The zero-order valence-electron chi connectivity index (χ0n) is 14.0. The minimum Gasteiger partial charge on any atom is -0.384 e. The second-order valence-corrected chi connectivity index (χ2v) is 8.14. The van der Waals surface area contributed by atoms with E-state index in [-0.39, 0.29) is 6.04 Å². The van der Waals surface area contributed by atoms with Gasteiger partial charge in [-0.1, -0.05) is 18.2 Å². The van der Waals surface area contributed by atoms with Crippen LogP contribution in [0.1, 0.15) is 24.6 Å². The molecule has 8 heteroatoms. The molecule has 1 atom stereocenters. The molecule has 0 bridgehead atoms. The van der Waals surface area contributed by atoms with Gasteiger partial charge in [-0.2, -0.15) is 9.40 Å². The number of pyridine rings is 1. The Bertz CT molecular complexity index is 1020. The van der Waals surface area contributed by atoms with Crippen LogP contribution in [0, 0.1) is 0 Å². The predicted molar refractivity (Wildman–Crippen MR) is 98.5 cm³/mol. The molecule has 3 aromatic rings. The molecule has 1 aliphatic rings. The summed E-state index contributed by atoms with van der Waals surface area (Å²) in [7, 11) is -3.57. The molecule has 7 nitrogen and oxygen atoms in total. The summed E-state index contributed by atoms with van der Waals surface area (Å²) < 4.78 is 27.8. The van der Waals surface area contributed by atoms with Crippen LogP contribution in [0.4, 0.5) is 5.82 Å². The van der Waals surface area contributed by atoms with E-state index in [1.165, 1.54) is 0 Å². The van der Waals surface area contributed by atoms with Gasteiger partial charge in [-0.25, -0.2) is 13.4 Å². The normalized spacial score (nSPS) is 18.2. The minimum atomic E-state index is -3.57. The smallest absolute Gasteiger partial charge is 0.243 e. The summed E-state index contributed by atoms with van der Waals surface area (Å²) in [4.78, 5) is 4.32. The summed E-state index contributed by atoms with van der Waals surface area (Å²) >= 11 is 0. The van der Waals surface area contributed by atoms with Crippen LogP contribution >= 0.6 is 0 Å². The van der Waals surface area contributed by atoms with Crippen LogP contribution in [-0.4, -0.2) is 34.4 Å². The topological polar surface area (TPSA) is 105 Å². The molecule has 0 radical (unpaired) electrons. The Labute approximate surface area is 151 Å². The first-order chi connectivity index (χ1) is 12.6. The lowest BCUT2D eigenvalue weighted by Gasteiger charge is -2.24. The second-order valence-electron chi connectivity index (χ2n) is 6.25. The van der Waals surface area contributed by atoms with E-state index in [1.54, 1.807) is 53.1 Å². The Morgan fingerprint density at radius 2 is 2.00 bits per heavy atom. The lowest BCUT2D eigenvalue weighted by atomic mass is 10.0. The third-order valence-corrected chi connectivity index (χ3v) is 6.57. The van der Waals surface area contributed by atoms with Crippen molar-refractivity contribution >= 4 is 15.8 Å². The summed E-state index contributed by atoms with van der Waals surface area (Å²) in [6.45, 7) is 0.485. The number of sulfonamides is 1. The first-order valence-electron chi connectivity index (χ1n) is 8.39. The van der Waals surface area contributed by atoms with E-state index < -0.39 is 10.0 Å². The van der Waals surface area contributed by atoms with Gasteiger partial charge < -0.3 is 5.73 Å². The van der Waals surface area contributed by atoms with Crippen molar-refractivity contribution in [2.75, 3.05) is 12.3 Å². The molecule has 26 heavy (non-hydrogen) atoms. The van der Waals surface area contributed by atoms with Gasteiger partial charge in [0.15, 0.2) is 0 Å². The van der Waals surface area contributed by atoms with Crippen LogP contribution in [0.2, 0.25) is 0 Å². The minimum absolute atomic E-state index is 0.285. The average Bonchev–Trinajstić information content (AvgIpc) is 3.31. The monoisotopic (exact) mass is 369 g/mol. The van der Waals surface area contributed by atoms with Crippen molar-refractivity contribution in [1.29, 1.82) is 0 Å². The Kier molecular flexibility index (Phi) is 4.21. The van der Waals surface area contributed by atoms with Crippen molar-refractivity contribution in [3.8, 4) is 11.1 Å². The SMILES string of the molecule is Nc1cc(-c2cn[nH]c2[C@H]2CCCN2S(=O)(=O)c2ccccc2)ccn1. The molecule has 1 aromatic carbocycles. The van der Waals surface area contributed by atoms with Gasteiger partial charge in [0.25, 0.3) is 0 Å². The average molecular weight is 369 g/mol. The molecule has 3 heterocycles. The molecule has 0 spiro atoms. The lowest BCUT2D eigenvalue weighted by Crippen LogP contribution is -2.31. The molecule has 2 aromatic heterocycles. The molecule has 1 saturated heterocycles. The molecule has 134 valence electrons. The van der Waals surface area contributed by atoms with Crippen molar-refractivity contribution in [3.05, 3.63) is 60.6 Å². The summed E-state index contributed by atoms with van der Waals surface area (Å²) in [5.74, 6) is 0.412. The van der Waals surface area contributed by atoms with Crippen molar-refractivity contribution in [3.63, 3.8) is 0 Å². The number of aromatic amines is 1. The number of anilines is 1. The van der Waals surface area contributed by atoms with Gasteiger partial charge in [0.2, 0.25) is 10.0 Å². The molecule has 1 aliphatic heterocycles. The number of hydrogen-bond donors (Lipinski definition) is 2. The molecular formula is C18H19N5O2S. The number of aromatic nitrogens is 3. The van der Waals surface area contributed by atoms with Crippen LogP contribution in [0.25, 0.3) is 11.1 Å². The molecule has 0 amide bonds. The highest BCUT2D eigenvalue weighted by atomic mass is 32.2. The standard InChI is InChI=1S/C18H19N5O2S/c19-17-11-13(8-9-20-17)15-12-21-22-18(15)16-7-4-10-23(16)26(24,25)14-5-2-1-3-6-14/h1-3,5-6,8-9,11-12,16H,4,7,10H2,(H2,19,20)(H,21,22)/t16-/m1/s1. The summed E-state index contributed by atoms with van der Waals surface area (Å²) in [5.41, 5.74) is 8.29. The predicted octanol–water partition coefficient (Wildman–Crippen LogP) is 2.58. The first-order valence-corrected chi connectivity index (χ1v) is 9.83. The van der Waals surface area contributed by atoms with E-state index in [9.17, 15) is 8.42 Å². The maximum absolute atomic E-state index is 13.1. The van der Waals surface area contributed by atoms with Crippen LogP contribution in [0.3, 0.4) is 0 Å². The first kappa shape index (κ1) is 16.7. The maximum Gasteiger partial charge on any atom is 0.243 e. The molecule has 0 saturated carbocycles. The van der Waals surface area contributed by atoms with Gasteiger partial charge in [0.1, 0.15) is 5.82 Å². The highest BCUT2D eigenvalue weighted by molar-refractivity contribution is 7.89. The van der Waals surface area contributed by atoms with Gasteiger partial charge in [0.05, 0.1) is 22.8 Å². The van der Waals surface area contributed by atoms with Gasteiger partial charge in [-0.15, -0.1) is 0 Å². The number of nitrogens with two attached hydrogens (primary N) is 1. The van der Waals surface area contributed by atoms with Crippen LogP contribution in [-0.2, 0) is 10.0 Å². The number of rotatable bonds is 4. The molecule has 0 unspecified atom stereocenters. The van der Waals surface area contributed by atoms with E-state index in [0.29, 0.717) is 17.3 Å². The Morgan fingerprint density at radius 1 is 1.19 bits per heavy atom. The van der Waals surface area contributed by atoms with Crippen molar-refractivity contribution in [2.45, 2.75) is 23.8 Å².